The highest BCUT2D eigenvalue weighted by molar-refractivity contribution is 6.30. The Morgan fingerprint density at radius 3 is 2.43 bits per heavy atom. The Morgan fingerprint density at radius 1 is 1.24 bits per heavy atom. The van der Waals surface area contributed by atoms with Gasteiger partial charge in [0.15, 0.2) is 0 Å². The molecule has 0 atom stereocenters. The molecule has 1 heterocycles. The molecule has 1 saturated heterocycles. The lowest BCUT2D eigenvalue weighted by Gasteiger charge is -2.33. The SMILES string of the molecule is O=C(NCC1(C(=O)O)CCOCC1)Nc1ccc(Cl)cc1. The van der Waals surface area contributed by atoms with Gasteiger partial charge in [0.25, 0.3) is 0 Å². The molecule has 3 N–H and O–H groups in total. The molecule has 2 rings (SSSR count). The zero-order valence-electron chi connectivity index (χ0n) is 11.4. The molecule has 1 aromatic carbocycles. The first-order chi connectivity index (χ1) is 10.0. The second kappa shape index (κ2) is 6.78. The van der Waals surface area contributed by atoms with Crippen molar-refractivity contribution >= 4 is 29.3 Å². The normalized spacial score (nSPS) is 17.0. The van der Waals surface area contributed by atoms with Crippen LogP contribution in [0.3, 0.4) is 0 Å². The predicted molar refractivity (Wildman–Crippen MR) is 78.6 cm³/mol. The van der Waals surface area contributed by atoms with Crippen LogP contribution in [0.25, 0.3) is 0 Å². The number of benzene rings is 1. The van der Waals surface area contributed by atoms with Crippen molar-refractivity contribution in [3.8, 4) is 0 Å². The van der Waals surface area contributed by atoms with Crippen molar-refractivity contribution in [2.24, 2.45) is 5.41 Å². The molecule has 2 amide bonds. The third-order valence-corrected chi connectivity index (χ3v) is 3.84. The van der Waals surface area contributed by atoms with Crippen LogP contribution in [0.4, 0.5) is 10.5 Å². The second-order valence-electron chi connectivity index (χ2n) is 5.01. The molecule has 0 radical (unpaired) electrons. The molecule has 1 aliphatic heterocycles. The van der Waals surface area contributed by atoms with E-state index in [-0.39, 0.29) is 6.54 Å². The lowest BCUT2D eigenvalue weighted by Crippen LogP contribution is -2.47. The Morgan fingerprint density at radius 2 is 1.86 bits per heavy atom. The van der Waals surface area contributed by atoms with E-state index in [1.807, 2.05) is 0 Å². The summed E-state index contributed by atoms with van der Waals surface area (Å²) in [5.41, 5.74) is -0.358. The molecule has 6 nitrogen and oxygen atoms in total. The third kappa shape index (κ3) is 4.09. The van der Waals surface area contributed by atoms with E-state index in [1.165, 1.54) is 0 Å². The van der Waals surface area contributed by atoms with Crippen molar-refractivity contribution in [2.75, 3.05) is 25.1 Å². The molecular formula is C14H17ClN2O4. The van der Waals surface area contributed by atoms with E-state index in [2.05, 4.69) is 10.6 Å². The quantitative estimate of drug-likeness (QED) is 0.796. The Hall–Kier alpha value is -1.79. The molecule has 0 aromatic heterocycles. The molecule has 21 heavy (non-hydrogen) atoms. The van der Waals surface area contributed by atoms with Gasteiger partial charge >= 0.3 is 12.0 Å². The van der Waals surface area contributed by atoms with Gasteiger partial charge in [-0.1, -0.05) is 11.6 Å². The molecule has 114 valence electrons. The van der Waals surface area contributed by atoms with Crippen molar-refractivity contribution in [1.29, 1.82) is 0 Å². The van der Waals surface area contributed by atoms with Crippen LogP contribution in [-0.4, -0.2) is 36.9 Å². The Balaban J connectivity index is 1.90. The van der Waals surface area contributed by atoms with E-state index in [1.54, 1.807) is 24.3 Å². The highest BCUT2D eigenvalue weighted by Crippen LogP contribution is 2.30. The van der Waals surface area contributed by atoms with Crippen LogP contribution in [0.5, 0.6) is 0 Å². The highest BCUT2D eigenvalue weighted by atomic mass is 35.5. The van der Waals surface area contributed by atoms with Gasteiger partial charge in [-0.2, -0.15) is 0 Å². The standard InChI is InChI=1S/C14H17ClN2O4/c15-10-1-3-11(4-2-10)17-13(20)16-9-14(12(18)19)5-7-21-8-6-14/h1-4H,5-9H2,(H,18,19)(H2,16,17,20). The van der Waals surface area contributed by atoms with E-state index in [0.717, 1.165) is 0 Å². The van der Waals surface area contributed by atoms with Crippen molar-refractivity contribution in [1.82, 2.24) is 5.32 Å². The third-order valence-electron chi connectivity index (χ3n) is 3.59. The summed E-state index contributed by atoms with van der Waals surface area (Å²) >= 11 is 5.76. The van der Waals surface area contributed by atoms with Gasteiger partial charge in [0.05, 0.1) is 5.41 Å². The van der Waals surface area contributed by atoms with Gasteiger partial charge in [-0.3, -0.25) is 4.79 Å². The summed E-state index contributed by atoms with van der Waals surface area (Å²) in [6.45, 7) is 0.866. The number of carboxylic acid groups (broad SMARTS) is 1. The van der Waals surface area contributed by atoms with Gasteiger partial charge in [-0.05, 0) is 37.1 Å². The number of hydrogen-bond acceptors (Lipinski definition) is 3. The molecule has 0 unspecified atom stereocenters. The first-order valence-electron chi connectivity index (χ1n) is 6.63. The number of nitrogens with one attached hydrogen (secondary N) is 2. The summed E-state index contributed by atoms with van der Waals surface area (Å²) in [7, 11) is 0. The lowest BCUT2D eigenvalue weighted by molar-refractivity contribution is -0.154. The van der Waals surface area contributed by atoms with Crippen LogP contribution < -0.4 is 10.6 Å². The van der Waals surface area contributed by atoms with Crippen molar-refractivity contribution in [2.45, 2.75) is 12.8 Å². The number of urea groups is 1. The Kier molecular flexibility index (Phi) is 5.03. The molecule has 0 spiro atoms. The number of carbonyl (C=O) groups is 2. The van der Waals surface area contributed by atoms with Gasteiger partial charge in [-0.15, -0.1) is 0 Å². The van der Waals surface area contributed by atoms with Gasteiger partial charge in [-0.25, -0.2) is 4.79 Å². The maximum Gasteiger partial charge on any atom is 0.319 e. The van der Waals surface area contributed by atoms with Gasteiger partial charge in [0, 0.05) is 30.5 Å². The molecule has 0 aliphatic carbocycles. The molecule has 1 fully saturated rings. The van der Waals surface area contributed by atoms with E-state index < -0.39 is 17.4 Å². The zero-order valence-corrected chi connectivity index (χ0v) is 12.2. The number of carbonyl (C=O) groups excluding carboxylic acids is 1. The topological polar surface area (TPSA) is 87.7 Å². The fraction of sp³-hybridized carbons (Fsp3) is 0.429. The predicted octanol–water partition coefficient (Wildman–Crippen LogP) is 2.34. The summed E-state index contributed by atoms with van der Waals surface area (Å²) in [6.07, 6.45) is 0.785. The zero-order chi connectivity index (χ0) is 15.3. The largest absolute Gasteiger partial charge is 0.481 e. The van der Waals surface area contributed by atoms with Crippen LogP contribution >= 0.6 is 11.6 Å². The van der Waals surface area contributed by atoms with Crippen molar-refractivity contribution in [3.63, 3.8) is 0 Å². The number of hydrogen-bond donors (Lipinski definition) is 3. The van der Waals surface area contributed by atoms with Gasteiger partial charge in [0.1, 0.15) is 0 Å². The second-order valence-corrected chi connectivity index (χ2v) is 5.45. The summed E-state index contributed by atoms with van der Waals surface area (Å²) in [5, 5.41) is 15.2. The fourth-order valence-electron chi connectivity index (χ4n) is 2.19. The summed E-state index contributed by atoms with van der Waals surface area (Å²) in [5.74, 6) is -0.905. The van der Waals surface area contributed by atoms with Crippen LogP contribution in [0.1, 0.15) is 12.8 Å². The first kappa shape index (κ1) is 15.6. The summed E-state index contributed by atoms with van der Waals surface area (Å²) in [6, 6.07) is 6.22. The minimum atomic E-state index is -0.949. The number of halogens is 1. The molecule has 1 aliphatic rings. The average molecular weight is 313 g/mol. The van der Waals surface area contributed by atoms with Crippen LogP contribution in [0.15, 0.2) is 24.3 Å². The number of ether oxygens (including phenoxy) is 1. The molecule has 7 heteroatoms. The lowest BCUT2D eigenvalue weighted by atomic mass is 9.80. The van der Waals surface area contributed by atoms with Crippen LogP contribution in [-0.2, 0) is 9.53 Å². The molecule has 1 aromatic rings. The molecule has 0 bridgehead atoms. The van der Waals surface area contributed by atoms with Gasteiger partial charge < -0.3 is 20.5 Å². The monoisotopic (exact) mass is 312 g/mol. The van der Waals surface area contributed by atoms with Crippen molar-refractivity contribution in [3.05, 3.63) is 29.3 Å². The smallest absolute Gasteiger partial charge is 0.319 e. The number of carboxylic acids is 1. The number of rotatable bonds is 4. The van der Waals surface area contributed by atoms with E-state index in [4.69, 9.17) is 16.3 Å². The molecular weight excluding hydrogens is 296 g/mol. The molecule has 0 saturated carbocycles. The summed E-state index contributed by atoms with van der Waals surface area (Å²) in [4.78, 5) is 23.3. The van der Waals surface area contributed by atoms with E-state index >= 15 is 0 Å². The Labute approximate surface area is 127 Å². The summed E-state index contributed by atoms with van der Waals surface area (Å²) < 4.78 is 5.18. The number of anilines is 1. The fourth-order valence-corrected chi connectivity index (χ4v) is 2.31. The van der Waals surface area contributed by atoms with E-state index in [9.17, 15) is 14.7 Å². The first-order valence-corrected chi connectivity index (χ1v) is 7.01. The van der Waals surface area contributed by atoms with Crippen molar-refractivity contribution < 1.29 is 19.4 Å². The number of aliphatic carboxylic acids is 1. The van der Waals surface area contributed by atoms with Crippen LogP contribution in [0, 0.1) is 5.41 Å². The maximum absolute atomic E-state index is 11.8. The van der Waals surface area contributed by atoms with Crippen LogP contribution in [0.2, 0.25) is 5.02 Å². The maximum atomic E-state index is 11.8. The van der Waals surface area contributed by atoms with E-state index in [0.29, 0.717) is 36.8 Å². The average Bonchev–Trinajstić information content (AvgIpc) is 2.48. The number of amides is 2. The minimum Gasteiger partial charge on any atom is -0.481 e. The highest BCUT2D eigenvalue weighted by Gasteiger charge is 2.40. The van der Waals surface area contributed by atoms with Gasteiger partial charge in [0.2, 0.25) is 0 Å². The minimum absolute atomic E-state index is 0.0745. The Bertz CT molecular complexity index is 512.